The third-order valence-electron chi connectivity index (χ3n) is 1.79. The van der Waals surface area contributed by atoms with Crippen molar-refractivity contribution in [3.63, 3.8) is 0 Å². The van der Waals surface area contributed by atoms with Crippen molar-refractivity contribution >= 4 is 28.6 Å². The molecule has 5 heteroatoms. The van der Waals surface area contributed by atoms with Crippen molar-refractivity contribution in [3.05, 3.63) is 34.0 Å². The lowest BCUT2D eigenvalue weighted by Gasteiger charge is -1.98. The number of hydrogen-bond donors (Lipinski definition) is 2. The van der Waals surface area contributed by atoms with Gasteiger partial charge in [0, 0.05) is 5.56 Å². The van der Waals surface area contributed by atoms with Gasteiger partial charge in [-0.05, 0) is 24.4 Å². The highest BCUT2D eigenvalue weighted by Crippen LogP contribution is 2.28. The maximum absolute atomic E-state index is 12.9. The molecule has 3 N–H and O–H groups in total. The van der Waals surface area contributed by atoms with Gasteiger partial charge in [-0.1, -0.05) is 23.5 Å². The summed E-state index contributed by atoms with van der Waals surface area (Å²) in [5.41, 5.74) is 7.13. The fourth-order valence-electron chi connectivity index (χ4n) is 1.20. The molecule has 0 fully saturated rings. The molecule has 0 amide bonds. The lowest BCUT2D eigenvalue weighted by Crippen LogP contribution is -1.86. The molecule has 1 aromatic carbocycles. The van der Waals surface area contributed by atoms with Gasteiger partial charge in [0.25, 0.3) is 0 Å². The predicted molar refractivity (Wildman–Crippen MR) is 59.3 cm³/mol. The summed E-state index contributed by atoms with van der Waals surface area (Å²) in [5, 5.41) is 0.584. The minimum Gasteiger partial charge on any atom is -0.389 e. The number of nitrogens with two attached hydrogens (primary N) is 1. The topological polar surface area (TPSA) is 41.8 Å². The molecule has 0 aliphatic rings. The Morgan fingerprint density at radius 2 is 2.21 bits per heavy atom. The van der Waals surface area contributed by atoms with Gasteiger partial charge in [-0.2, -0.15) is 0 Å². The summed E-state index contributed by atoms with van der Waals surface area (Å²) in [4.78, 5) is 2.93. The molecule has 72 valence electrons. The summed E-state index contributed by atoms with van der Waals surface area (Å²) in [6, 6.07) is 6.23. The third kappa shape index (κ3) is 1.69. The zero-order valence-electron chi connectivity index (χ0n) is 7.08. The molecule has 0 aliphatic heterocycles. The molecule has 2 rings (SSSR count). The van der Waals surface area contributed by atoms with Gasteiger partial charge in [0.15, 0.2) is 3.95 Å². The Balaban J connectivity index is 2.59. The lowest BCUT2D eigenvalue weighted by molar-refractivity contribution is 0.628. The molecule has 2 aromatic rings. The van der Waals surface area contributed by atoms with Crippen LogP contribution in [0.4, 0.5) is 9.39 Å². The van der Waals surface area contributed by atoms with Crippen LogP contribution in [0.1, 0.15) is 0 Å². The fraction of sp³-hybridized carbons (Fsp3) is 0. The Morgan fingerprint density at radius 1 is 1.43 bits per heavy atom. The van der Waals surface area contributed by atoms with Gasteiger partial charge in [-0.15, -0.1) is 0 Å². The summed E-state index contributed by atoms with van der Waals surface area (Å²) in [6.07, 6.45) is 0. The molecule has 0 aliphatic carbocycles. The quantitative estimate of drug-likeness (QED) is 0.733. The van der Waals surface area contributed by atoms with Crippen molar-refractivity contribution in [1.29, 1.82) is 0 Å². The van der Waals surface area contributed by atoms with Crippen LogP contribution in [-0.4, -0.2) is 4.98 Å². The van der Waals surface area contributed by atoms with E-state index in [0.717, 1.165) is 5.56 Å². The molecule has 0 spiro atoms. The summed E-state index contributed by atoms with van der Waals surface area (Å²) in [5.74, 6) is -0.285. The monoisotopic (exact) mass is 226 g/mol. The van der Waals surface area contributed by atoms with Crippen LogP contribution in [0.5, 0.6) is 0 Å². The number of aromatic nitrogens is 1. The van der Waals surface area contributed by atoms with Gasteiger partial charge in [-0.3, -0.25) is 0 Å². The van der Waals surface area contributed by atoms with E-state index >= 15 is 0 Å². The van der Waals surface area contributed by atoms with Gasteiger partial charge in [0.1, 0.15) is 10.8 Å². The number of thiazole rings is 1. The van der Waals surface area contributed by atoms with Crippen LogP contribution >= 0.6 is 23.6 Å². The first kappa shape index (κ1) is 9.36. The second kappa shape index (κ2) is 3.51. The zero-order valence-corrected chi connectivity index (χ0v) is 8.71. The largest absolute Gasteiger partial charge is 0.389 e. The van der Waals surface area contributed by atoms with E-state index in [1.807, 2.05) is 0 Å². The Labute approximate surface area is 89.2 Å². The van der Waals surface area contributed by atoms with E-state index in [0.29, 0.717) is 14.6 Å². The first-order chi connectivity index (χ1) is 6.66. The number of H-pyrrole nitrogens is 1. The molecular formula is C9H7FN2S2. The van der Waals surface area contributed by atoms with Crippen molar-refractivity contribution in [1.82, 2.24) is 4.98 Å². The van der Waals surface area contributed by atoms with Crippen molar-refractivity contribution in [2.24, 2.45) is 0 Å². The summed E-state index contributed by atoms with van der Waals surface area (Å²) in [6.45, 7) is 0. The van der Waals surface area contributed by atoms with E-state index < -0.39 is 0 Å². The molecular weight excluding hydrogens is 219 g/mol. The number of benzene rings is 1. The molecule has 0 bridgehead atoms. The maximum atomic E-state index is 12.9. The second-order valence-corrected chi connectivity index (χ2v) is 4.48. The van der Waals surface area contributed by atoms with Gasteiger partial charge in [0.05, 0.1) is 5.69 Å². The molecule has 0 radical (unpaired) electrons. The van der Waals surface area contributed by atoms with Crippen molar-refractivity contribution < 1.29 is 4.39 Å². The van der Waals surface area contributed by atoms with Crippen LogP contribution < -0.4 is 5.73 Å². The molecule has 0 saturated heterocycles. The van der Waals surface area contributed by atoms with Crippen molar-refractivity contribution in [3.8, 4) is 11.3 Å². The molecule has 0 unspecified atom stereocenters. The Hall–Kier alpha value is -1.20. The number of anilines is 1. The van der Waals surface area contributed by atoms with Crippen LogP contribution in [0, 0.1) is 9.77 Å². The first-order valence-corrected chi connectivity index (χ1v) is 5.14. The maximum Gasteiger partial charge on any atom is 0.160 e. The van der Waals surface area contributed by atoms with E-state index in [4.69, 9.17) is 18.0 Å². The smallest absolute Gasteiger partial charge is 0.160 e. The van der Waals surface area contributed by atoms with E-state index in [9.17, 15) is 4.39 Å². The Morgan fingerprint density at radius 3 is 2.79 bits per heavy atom. The van der Waals surface area contributed by atoms with Crippen LogP contribution in [-0.2, 0) is 0 Å². The van der Waals surface area contributed by atoms with E-state index in [1.54, 1.807) is 12.1 Å². The van der Waals surface area contributed by atoms with Gasteiger partial charge < -0.3 is 10.7 Å². The zero-order chi connectivity index (χ0) is 10.1. The number of rotatable bonds is 1. The number of nitrogen functional groups attached to an aromatic ring is 1. The molecule has 1 aromatic heterocycles. The lowest BCUT2D eigenvalue weighted by atomic mass is 10.1. The Kier molecular flexibility index (Phi) is 2.35. The van der Waals surface area contributed by atoms with Crippen LogP contribution in [0.15, 0.2) is 24.3 Å². The fourth-order valence-corrected chi connectivity index (χ4v) is 2.19. The van der Waals surface area contributed by atoms with Crippen LogP contribution in [0.25, 0.3) is 11.3 Å². The molecule has 2 nitrogen and oxygen atoms in total. The van der Waals surface area contributed by atoms with Gasteiger partial charge in [-0.25, -0.2) is 4.39 Å². The van der Waals surface area contributed by atoms with E-state index in [1.165, 1.54) is 23.5 Å². The number of halogens is 1. The highest BCUT2D eigenvalue weighted by molar-refractivity contribution is 7.73. The first-order valence-electron chi connectivity index (χ1n) is 3.91. The highest BCUT2D eigenvalue weighted by atomic mass is 32.1. The normalized spacial score (nSPS) is 10.4. The second-order valence-electron chi connectivity index (χ2n) is 2.76. The van der Waals surface area contributed by atoms with Crippen LogP contribution in [0.2, 0.25) is 0 Å². The van der Waals surface area contributed by atoms with Crippen LogP contribution in [0.3, 0.4) is 0 Å². The highest BCUT2D eigenvalue weighted by Gasteiger charge is 2.05. The third-order valence-corrected chi connectivity index (χ3v) is 2.85. The molecule has 1 heterocycles. The SMILES string of the molecule is Nc1sc(=S)[nH]c1-c1cccc(F)c1. The number of aromatic amines is 1. The van der Waals surface area contributed by atoms with Crippen molar-refractivity contribution in [2.45, 2.75) is 0 Å². The predicted octanol–water partition coefficient (Wildman–Crippen LogP) is 3.19. The number of hydrogen-bond acceptors (Lipinski definition) is 3. The van der Waals surface area contributed by atoms with Gasteiger partial charge >= 0.3 is 0 Å². The van der Waals surface area contributed by atoms with Crippen molar-refractivity contribution in [2.75, 3.05) is 5.73 Å². The minimum atomic E-state index is -0.285. The molecule has 0 atom stereocenters. The standard InChI is InChI=1S/C9H7FN2S2/c10-6-3-1-2-5(4-6)7-8(11)14-9(13)12-7/h1-4H,11H2,(H,12,13). The average Bonchev–Trinajstić information content (AvgIpc) is 2.45. The minimum absolute atomic E-state index is 0.285. The summed E-state index contributed by atoms with van der Waals surface area (Å²) >= 11 is 6.23. The average molecular weight is 226 g/mol. The molecule has 0 saturated carbocycles. The molecule has 14 heavy (non-hydrogen) atoms. The van der Waals surface area contributed by atoms with Gasteiger partial charge in [0.2, 0.25) is 0 Å². The number of nitrogens with one attached hydrogen (secondary N) is 1. The summed E-state index contributed by atoms with van der Waals surface area (Å²) < 4.78 is 13.5. The summed E-state index contributed by atoms with van der Waals surface area (Å²) in [7, 11) is 0. The Bertz CT molecular complexity index is 516. The van der Waals surface area contributed by atoms with E-state index in [2.05, 4.69) is 4.98 Å². The van der Waals surface area contributed by atoms with E-state index in [-0.39, 0.29) is 5.82 Å².